The maximum absolute atomic E-state index is 4.76. The van der Waals surface area contributed by atoms with Gasteiger partial charge in [-0.15, -0.1) is 11.3 Å². The molecule has 2 atom stereocenters. The van der Waals surface area contributed by atoms with Crippen molar-refractivity contribution in [1.82, 2.24) is 10.3 Å². The van der Waals surface area contributed by atoms with Crippen molar-refractivity contribution in [1.29, 1.82) is 0 Å². The molecule has 3 rings (SSSR count). The van der Waals surface area contributed by atoms with E-state index in [4.69, 9.17) is 4.98 Å². The Balaban J connectivity index is 1.93. The Hall–Kier alpha value is -0.930. The number of thiazole rings is 1. The lowest BCUT2D eigenvalue weighted by Crippen LogP contribution is -2.34. The van der Waals surface area contributed by atoms with Crippen LogP contribution in [0.25, 0.3) is 10.2 Å². The Morgan fingerprint density at radius 3 is 3.06 bits per heavy atom. The zero-order valence-electron chi connectivity index (χ0n) is 9.44. The molecule has 2 aromatic rings. The van der Waals surface area contributed by atoms with E-state index in [0.29, 0.717) is 12.0 Å². The number of benzene rings is 1. The fourth-order valence-corrected chi connectivity index (χ4v) is 3.54. The van der Waals surface area contributed by atoms with Gasteiger partial charge in [-0.2, -0.15) is 0 Å². The summed E-state index contributed by atoms with van der Waals surface area (Å²) >= 11 is 1.87. The molecule has 0 spiro atoms. The SMILES string of the molecule is C[C@H]1C[C@H](c2nc3ccccc3s2)CCN1. The minimum absolute atomic E-state index is 0.630. The van der Waals surface area contributed by atoms with Crippen LogP contribution in [0.15, 0.2) is 24.3 Å². The molecule has 1 aliphatic rings. The summed E-state index contributed by atoms with van der Waals surface area (Å²) in [5.74, 6) is 0.661. The second-order valence-corrected chi connectivity index (χ2v) is 5.66. The van der Waals surface area contributed by atoms with E-state index in [9.17, 15) is 0 Å². The van der Waals surface area contributed by atoms with Gasteiger partial charge in [0.15, 0.2) is 0 Å². The second-order valence-electron chi connectivity index (χ2n) is 4.60. The van der Waals surface area contributed by atoms with E-state index in [0.717, 1.165) is 12.1 Å². The van der Waals surface area contributed by atoms with Crippen LogP contribution >= 0.6 is 11.3 Å². The Morgan fingerprint density at radius 2 is 2.25 bits per heavy atom. The molecule has 2 nitrogen and oxygen atoms in total. The largest absolute Gasteiger partial charge is 0.314 e. The Morgan fingerprint density at radius 1 is 1.38 bits per heavy atom. The van der Waals surface area contributed by atoms with E-state index in [1.807, 2.05) is 11.3 Å². The van der Waals surface area contributed by atoms with Gasteiger partial charge in [-0.1, -0.05) is 12.1 Å². The van der Waals surface area contributed by atoms with Gasteiger partial charge in [-0.25, -0.2) is 4.98 Å². The monoisotopic (exact) mass is 232 g/mol. The topological polar surface area (TPSA) is 24.9 Å². The van der Waals surface area contributed by atoms with Gasteiger partial charge in [-0.05, 0) is 38.4 Å². The summed E-state index contributed by atoms with van der Waals surface area (Å²) in [6.07, 6.45) is 2.45. The molecule has 2 heterocycles. The number of nitrogens with one attached hydrogen (secondary N) is 1. The molecule has 84 valence electrons. The van der Waals surface area contributed by atoms with E-state index in [1.54, 1.807) is 0 Å². The zero-order valence-corrected chi connectivity index (χ0v) is 10.3. The first kappa shape index (κ1) is 10.2. The average Bonchev–Trinajstić information content (AvgIpc) is 2.72. The first-order valence-electron chi connectivity index (χ1n) is 5.92. The van der Waals surface area contributed by atoms with Crippen molar-refractivity contribution in [3.05, 3.63) is 29.3 Å². The molecule has 1 N–H and O–H groups in total. The lowest BCUT2D eigenvalue weighted by atomic mass is 9.94. The summed E-state index contributed by atoms with van der Waals surface area (Å²) in [7, 11) is 0. The van der Waals surface area contributed by atoms with Gasteiger partial charge in [-0.3, -0.25) is 0 Å². The number of para-hydroxylation sites is 1. The quantitative estimate of drug-likeness (QED) is 0.817. The highest BCUT2D eigenvalue weighted by Crippen LogP contribution is 2.33. The van der Waals surface area contributed by atoms with Crippen LogP contribution in [-0.2, 0) is 0 Å². The van der Waals surface area contributed by atoms with Gasteiger partial charge in [0.05, 0.1) is 15.2 Å². The van der Waals surface area contributed by atoms with Crippen molar-refractivity contribution in [2.45, 2.75) is 31.7 Å². The smallest absolute Gasteiger partial charge is 0.0970 e. The van der Waals surface area contributed by atoms with Gasteiger partial charge in [0.2, 0.25) is 0 Å². The van der Waals surface area contributed by atoms with Gasteiger partial charge in [0, 0.05) is 12.0 Å². The van der Waals surface area contributed by atoms with E-state index in [-0.39, 0.29) is 0 Å². The third kappa shape index (κ3) is 1.85. The van der Waals surface area contributed by atoms with Crippen molar-refractivity contribution >= 4 is 21.6 Å². The number of hydrogen-bond donors (Lipinski definition) is 1. The normalized spacial score (nSPS) is 26.1. The van der Waals surface area contributed by atoms with E-state index < -0.39 is 0 Å². The van der Waals surface area contributed by atoms with Gasteiger partial charge < -0.3 is 5.32 Å². The van der Waals surface area contributed by atoms with Crippen LogP contribution in [-0.4, -0.2) is 17.6 Å². The zero-order chi connectivity index (χ0) is 11.0. The third-order valence-electron chi connectivity index (χ3n) is 3.28. The fourth-order valence-electron chi connectivity index (χ4n) is 2.42. The van der Waals surface area contributed by atoms with Crippen molar-refractivity contribution in [2.24, 2.45) is 0 Å². The Kier molecular flexibility index (Phi) is 2.65. The standard InChI is InChI=1S/C13H16N2S/c1-9-8-10(6-7-14-9)13-15-11-4-2-3-5-12(11)16-13/h2-5,9-10,14H,6-8H2,1H3/t9-,10+/m0/s1. The van der Waals surface area contributed by atoms with E-state index >= 15 is 0 Å². The number of rotatable bonds is 1. The van der Waals surface area contributed by atoms with Gasteiger partial charge in [0.25, 0.3) is 0 Å². The highest BCUT2D eigenvalue weighted by atomic mass is 32.1. The summed E-state index contributed by atoms with van der Waals surface area (Å²) in [6, 6.07) is 9.07. The maximum Gasteiger partial charge on any atom is 0.0970 e. The molecule has 1 fully saturated rings. The Bertz CT molecular complexity index is 458. The molecule has 1 aliphatic heterocycles. The number of hydrogen-bond acceptors (Lipinski definition) is 3. The molecule has 1 aromatic carbocycles. The van der Waals surface area contributed by atoms with Crippen LogP contribution in [0, 0.1) is 0 Å². The summed E-state index contributed by atoms with van der Waals surface area (Å²) < 4.78 is 1.32. The minimum Gasteiger partial charge on any atom is -0.314 e. The molecule has 0 saturated carbocycles. The minimum atomic E-state index is 0.630. The van der Waals surface area contributed by atoms with Crippen LogP contribution in [0.5, 0.6) is 0 Å². The number of aromatic nitrogens is 1. The molecule has 1 saturated heterocycles. The summed E-state index contributed by atoms with van der Waals surface area (Å²) in [5, 5.41) is 4.82. The van der Waals surface area contributed by atoms with Gasteiger partial charge >= 0.3 is 0 Å². The molecule has 0 radical (unpaired) electrons. The van der Waals surface area contributed by atoms with Crippen molar-refractivity contribution in [2.75, 3.05) is 6.54 Å². The van der Waals surface area contributed by atoms with Crippen molar-refractivity contribution in [3.8, 4) is 0 Å². The molecule has 3 heteroatoms. The number of nitrogens with zero attached hydrogens (tertiary/aromatic N) is 1. The molecule has 0 bridgehead atoms. The molecule has 0 amide bonds. The third-order valence-corrected chi connectivity index (χ3v) is 4.48. The van der Waals surface area contributed by atoms with Crippen molar-refractivity contribution < 1.29 is 0 Å². The summed E-state index contributed by atoms with van der Waals surface area (Å²) in [4.78, 5) is 4.76. The molecular formula is C13H16N2S. The summed E-state index contributed by atoms with van der Waals surface area (Å²) in [6.45, 7) is 3.39. The second kappa shape index (κ2) is 4.15. The highest BCUT2D eigenvalue weighted by molar-refractivity contribution is 7.18. The van der Waals surface area contributed by atoms with E-state index in [2.05, 4.69) is 36.5 Å². The molecule has 1 aromatic heterocycles. The van der Waals surface area contributed by atoms with Crippen LogP contribution in [0.1, 0.15) is 30.7 Å². The number of fused-ring (bicyclic) bond motifs is 1. The van der Waals surface area contributed by atoms with Crippen molar-refractivity contribution in [3.63, 3.8) is 0 Å². The summed E-state index contributed by atoms with van der Waals surface area (Å²) in [5.41, 5.74) is 1.16. The predicted octanol–water partition coefficient (Wildman–Crippen LogP) is 3.15. The Labute approximate surface area is 99.7 Å². The first-order chi connectivity index (χ1) is 7.83. The molecule has 0 aliphatic carbocycles. The van der Waals surface area contributed by atoms with Gasteiger partial charge in [0.1, 0.15) is 0 Å². The predicted molar refractivity (Wildman–Crippen MR) is 69.1 cm³/mol. The average molecular weight is 232 g/mol. The lowest BCUT2D eigenvalue weighted by Gasteiger charge is -2.26. The number of piperidine rings is 1. The molecule has 0 unspecified atom stereocenters. The molecule has 16 heavy (non-hydrogen) atoms. The van der Waals surface area contributed by atoms with Crippen LogP contribution in [0.2, 0.25) is 0 Å². The van der Waals surface area contributed by atoms with Crippen LogP contribution in [0.4, 0.5) is 0 Å². The maximum atomic E-state index is 4.76. The molecular weight excluding hydrogens is 216 g/mol. The first-order valence-corrected chi connectivity index (χ1v) is 6.73. The van der Waals surface area contributed by atoms with Crippen LogP contribution in [0.3, 0.4) is 0 Å². The lowest BCUT2D eigenvalue weighted by molar-refractivity contribution is 0.381. The highest BCUT2D eigenvalue weighted by Gasteiger charge is 2.22. The fraction of sp³-hybridized carbons (Fsp3) is 0.462. The van der Waals surface area contributed by atoms with Crippen LogP contribution < -0.4 is 5.32 Å². The van der Waals surface area contributed by atoms with E-state index in [1.165, 1.54) is 22.5 Å².